The molecular formula is C21H20FNO6. The minimum absolute atomic E-state index is 0.00469. The molecule has 0 aromatic heterocycles. The van der Waals surface area contributed by atoms with E-state index in [1.807, 2.05) is 0 Å². The second-order valence-corrected chi connectivity index (χ2v) is 6.45. The summed E-state index contributed by atoms with van der Waals surface area (Å²) in [5, 5.41) is 0. The van der Waals surface area contributed by atoms with E-state index in [-0.39, 0.29) is 30.1 Å². The van der Waals surface area contributed by atoms with Crippen LogP contribution in [0.15, 0.2) is 42.5 Å². The molecular weight excluding hydrogens is 381 g/mol. The first-order valence-corrected chi connectivity index (χ1v) is 8.91. The lowest BCUT2D eigenvalue weighted by atomic mass is 10.1. The molecule has 152 valence electrons. The number of para-hydroxylation sites is 1. The lowest BCUT2D eigenvalue weighted by molar-refractivity contribution is -0.147. The van der Waals surface area contributed by atoms with Gasteiger partial charge < -0.3 is 19.1 Å². The molecule has 8 heteroatoms. The van der Waals surface area contributed by atoms with E-state index in [1.165, 1.54) is 43.4 Å². The Kier molecular flexibility index (Phi) is 6.11. The average molecular weight is 401 g/mol. The van der Waals surface area contributed by atoms with Crippen LogP contribution in [-0.2, 0) is 14.3 Å². The molecule has 0 aliphatic carbocycles. The Labute approximate surface area is 167 Å². The molecule has 1 atom stereocenters. The third-order valence-electron chi connectivity index (χ3n) is 4.65. The van der Waals surface area contributed by atoms with Gasteiger partial charge in [-0.2, -0.15) is 0 Å². The van der Waals surface area contributed by atoms with Gasteiger partial charge in [0.25, 0.3) is 0 Å². The number of anilines is 1. The van der Waals surface area contributed by atoms with Crippen LogP contribution < -0.4 is 14.4 Å². The molecule has 0 spiro atoms. The molecule has 1 heterocycles. The van der Waals surface area contributed by atoms with Gasteiger partial charge in [-0.05, 0) is 30.3 Å². The average Bonchev–Trinajstić information content (AvgIpc) is 3.13. The fourth-order valence-corrected chi connectivity index (χ4v) is 3.13. The van der Waals surface area contributed by atoms with E-state index >= 15 is 0 Å². The predicted octanol–water partition coefficient (Wildman–Crippen LogP) is 2.62. The number of rotatable bonds is 7. The van der Waals surface area contributed by atoms with Crippen molar-refractivity contribution in [3.8, 4) is 11.5 Å². The highest BCUT2D eigenvalue weighted by atomic mass is 19.1. The van der Waals surface area contributed by atoms with Crippen molar-refractivity contribution in [1.82, 2.24) is 0 Å². The molecule has 1 aliphatic heterocycles. The van der Waals surface area contributed by atoms with Crippen molar-refractivity contribution in [3.05, 3.63) is 53.8 Å². The summed E-state index contributed by atoms with van der Waals surface area (Å²) in [6, 6.07) is 10.6. The third-order valence-corrected chi connectivity index (χ3v) is 4.65. The summed E-state index contributed by atoms with van der Waals surface area (Å²) < 4.78 is 29.3. The van der Waals surface area contributed by atoms with Crippen molar-refractivity contribution >= 4 is 23.3 Å². The number of hydrogen-bond acceptors (Lipinski definition) is 6. The number of Topliss-reactive ketones (excluding diaryl/α,β-unsaturated/α-hetero) is 1. The van der Waals surface area contributed by atoms with E-state index in [4.69, 9.17) is 14.2 Å². The topological polar surface area (TPSA) is 82.1 Å². The molecule has 0 N–H and O–H groups in total. The summed E-state index contributed by atoms with van der Waals surface area (Å²) in [6.45, 7) is -0.512. The molecule has 1 fully saturated rings. The quantitative estimate of drug-likeness (QED) is 0.524. The van der Waals surface area contributed by atoms with Gasteiger partial charge in [-0.1, -0.05) is 12.1 Å². The smallest absolute Gasteiger partial charge is 0.311 e. The van der Waals surface area contributed by atoms with Crippen molar-refractivity contribution in [2.45, 2.75) is 6.42 Å². The van der Waals surface area contributed by atoms with Crippen LogP contribution in [0.1, 0.15) is 16.8 Å². The van der Waals surface area contributed by atoms with Gasteiger partial charge in [0.2, 0.25) is 11.7 Å². The molecule has 2 aromatic rings. The molecule has 0 radical (unpaired) electrons. The van der Waals surface area contributed by atoms with Gasteiger partial charge in [0.15, 0.2) is 6.61 Å². The van der Waals surface area contributed by atoms with Gasteiger partial charge in [0.1, 0.15) is 17.3 Å². The van der Waals surface area contributed by atoms with E-state index in [0.29, 0.717) is 11.5 Å². The Balaban J connectivity index is 1.64. The van der Waals surface area contributed by atoms with Gasteiger partial charge in [-0.25, -0.2) is 4.39 Å². The summed E-state index contributed by atoms with van der Waals surface area (Å²) in [5.74, 6) is -2.07. The minimum Gasteiger partial charge on any atom is -0.497 e. The summed E-state index contributed by atoms with van der Waals surface area (Å²) in [6.07, 6.45) is -0.107. The Bertz CT molecular complexity index is 945. The Morgan fingerprint density at radius 3 is 2.59 bits per heavy atom. The molecule has 29 heavy (non-hydrogen) atoms. The number of halogens is 1. The summed E-state index contributed by atoms with van der Waals surface area (Å²) in [7, 11) is 2.89. The number of esters is 1. The SMILES string of the molecule is COc1ccc(OC)c(C(=O)COC(=O)[C@@H]2CC(=O)N(c3ccccc3F)C2)c1. The van der Waals surface area contributed by atoms with Crippen LogP contribution in [0.25, 0.3) is 0 Å². The lowest BCUT2D eigenvalue weighted by Crippen LogP contribution is -2.27. The van der Waals surface area contributed by atoms with Crippen molar-refractivity contribution < 1.29 is 33.0 Å². The zero-order valence-corrected chi connectivity index (χ0v) is 16.0. The summed E-state index contributed by atoms with van der Waals surface area (Å²) in [5.41, 5.74) is 0.333. The molecule has 2 aromatic carbocycles. The molecule has 1 saturated heterocycles. The number of nitrogens with zero attached hydrogens (tertiary/aromatic N) is 1. The van der Waals surface area contributed by atoms with Crippen molar-refractivity contribution in [1.29, 1.82) is 0 Å². The number of ketones is 1. The number of amides is 1. The van der Waals surface area contributed by atoms with Crippen LogP contribution in [0.2, 0.25) is 0 Å². The lowest BCUT2D eigenvalue weighted by Gasteiger charge is -2.17. The minimum atomic E-state index is -0.776. The highest BCUT2D eigenvalue weighted by molar-refractivity contribution is 6.02. The van der Waals surface area contributed by atoms with E-state index in [1.54, 1.807) is 18.2 Å². The van der Waals surface area contributed by atoms with Crippen LogP contribution in [0, 0.1) is 11.7 Å². The Morgan fingerprint density at radius 1 is 1.14 bits per heavy atom. The second kappa shape index (κ2) is 8.72. The van der Waals surface area contributed by atoms with Gasteiger partial charge in [0, 0.05) is 13.0 Å². The summed E-state index contributed by atoms with van der Waals surface area (Å²) >= 11 is 0. The highest BCUT2D eigenvalue weighted by Gasteiger charge is 2.37. The largest absolute Gasteiger partial charge is 0.497 e. The molecule has 7 nitrogen and oxygen atoms in total. The Morgan fingerprint density at radius 2 is 1.90 bits per heavy atom. The van der Waals surface area contributed by atoms with Gasteiger partial charge in [-0.3, -0.25) is 14.4 Å². The normalized spacial score (nSPS) is 15.9. The fourth-order valence-electron chi connectivity index (χ4n) is 3.13. The molecule has 1 amide bonds. The van der Waals surface area contributed by atoms with Crippen LogP contribution in [0.5, 0.6) is 11.5 Å². The molecule has 3 rings (SSSR count). The monoisotopic (exact) mass is 401 g/mol. The maximum Gasteiger partial charge on any atom is 0.311 e. The number of benzene rings is 2. The zero-order valence-electron chi connectivity index (χ0n) is 16.0. The van der Waals surface area contributed by atoms with E-state index in [0.717, 1.165) is 0 Å². The number of carbonyl (C=O) groups is 3. The van der Waals surface area contributed by atoms with E-state index < -0.39 is 30.1 Å². The third kappa shape index (κ3) is 4.37. The molecule has 0 unspecified atom stereocenters. The fraction of sp³-hybridized carbons (Fsp3) is 0.286. The van der Waals surface area contributed by atoms with Crippen LogP contribution in [-0.4, -0.2) is 45.0 Å². The van der Waals surface area contributed by atoms with Gasteiger partial charge in [0.05, 0.1) is 31.4 Å². The maximum atomic E-state index is 13.9. The molecule has 0 bridgehead atoms. The first-order valence-electron chi connectivity index (χ1n) is 8.91. The highest BCUT2D eigenvalue weighted by Crippen LogP contribution is 2.28. The van der Waals surface area contributed by atoms with Crippen LogP contribution >= 0.6 is 0 Å². The zero-order chi connectivity index (χ0) is 21.0. The number of ether oxygens (including phenoxy) is 3. The van der Waals surface area contributed by atoms with Gasteiger partial charge >= 0.3 is 5.97 Å². The van der Waals surface area contributed by atoms with Crippen molar-refractivity contribution in [3.63, 3.8) is 0 Å². The van der Waals surface area contributed by atoms with Gasteiger partial charge in [-0.15, -0.1) is 0 Å². The van der Waals surface area contributed by atoms with Crippen LogP contribution in [0.3, 0.4) is 0 Å². The first-order chi connectivity index (χ1) is 13.9. The molecule has 0 saturated carbocycles. The molecule has 1 aliphatic rings. The van der Waals surface area contributed by atoms with E-state index in [2.05, 4.69) is 0 Å². The second-order valence-electron chi connectivity index (χ2n) is 6.45. The predicted molar refractivity (Wildman–Crippen MR) is 102 cm³/mol. The van der Waals surface area contributed by atoms with Crippen LogP contribution in [0.4, 0.5) is 10.1 Å². The summed E-state index contributed by atoms with van der Waals surface area (Å²) in [4.78, 5) is 38.3. The maximum absolute atomic E-state index is 13.9. The first kappa shape index (κ1) is 20.3. The van der Waals surface area contributed by atoms with Crippen molar-refractivity contribution in [2.24, 2.45) is 5.92 Å². The number of carbonyl (C=O) groups excluding carboxylic acids is 3. The van der Waals surface area contributed by atoms with Crippen molar-refractivity contribution in [2.75, 3.05) is 32.3 Å². The number of hydrogen-bond donors (Lipinski definition) is 0. The number of methoxy groups -OCH3 is 2. The standard InChI is InChI=1S/C21H20FNO6/c1-27-14-7-8-19(28-2)15(10-14)18(24)12-29-21(26)13-9-20(25)23(11-13)17-6-4-3-5-16(17)22/h3-8,10,13H,9,11-12H2,1-2H3/t13-/m1/s1. The van der Waals surface area contributed by atoms with E-state index in [9.17, 15) is 18.8 Å². The Hall–Kier alpha value is -3.42.